The summed E-state index contributed by atoms with van der Waals surface area (Å²) in [6, 6.07) is 5.12. The molecule has 0 spiro atoms. The Morgan fingerprint density at radius 1 is 1.47 bits per heavy atom. The Hall–Kier alpha value is -1.26. The Morgan fingerprint density at radius 3 is 2.76 bits per heavy atom. The second-order valence-electron chi connectivity index (χ2n) is 4.06. The van der Waals surface area contributed by atoms with Crippen LogP contribution in [0.3, 0.4) is 0 Å². The van der Waals surface area contributed by atoms with E-state index in [1.807, 2.05) is 14.1 Å². The smallest absolute Gasteiger partial charge is 0.130 e. The Balaban J connectivity index is 2.61. The van der Waals surface area contributed by atoms with Crippen LogP contribution in [0, 0.1) is 5.41 Å². The van der Waals surface area contributed by atoms with Crippen LogP contribution in [0.5, 0.6) is 5.75 Å². The number of hydrogen-bond acceptors (Lipinski definition) is 3. The largest absolute Gasteiger partial charge is 0.493 e. The number of ether oxygens (including phenoxy) is 1. The average Bonchev–Trinajstić information content (AvgIpc) is 2.25. The summed E-state index contributed by atoms with van der Waals surface area (Å²) in [5.41, 5.74) is 6.02. The summed E-state index contributed by atoms with van der Waals surface area (Å²) in [5.74, 6) is 0.579. The average molecular weight is 256 g/mol. The van der Waals surface area contributed by atoms with E-state index in [4.69, 9.17) is 27.5 Å². The number of halogens is 1. The Bertz CT molecular complexity index is 393. The van der Waals surface area contributed by atoms with Crippen molar-refractivity contribution in [2.45, 2.75) is 6.42 Å². The number of benzene rings is 1. The molecule has 0 saturated carbocycles. The standard InChI is InChI=1S/C12H18ClN3O/c1-16(2)6-3-7-17-11-5-4-9(13)8-10(11)12(14)15/h4-5,8H,3,6-7H2,1-2H3,(H3,14,15). The molecule has 0 amide bonds. The molecule has 0 bridgehead atoms. The lowest BCUT2D eigenvalue weighted by atomic mass is 10.2. The first-order valence-electron chi connectivity index (χ1n) is 5.42. The maximum absolute atomic E-state index is 7.45. The Kier molecular flexibility index (Phi) is 5.25. The molecule has 0 unspecified atom stereocenters. The fourth-order valence-corrected chi connectivity index (χ4v) is 1.57. The molecule has 0 aromatic heterocycles. The van der Waals surface area contributed by atoms with E-state index in [1.54, 1.807) is 18.2 Å². The quantitative estimate of drug-likeness (QED) is 0.464. The molecule has 0 aliphatic carbocycles. The molecule has 0 saturated heterocycles. The minimum atomic E-state index is -0.0323. The van der Waals surface area contributed by atoms with Crippen molar-refractivity contribution in [2.75, 3.05) is 27.2 Å². The highest BCUT2D eigenvalue weighted by atomic mass is 35.5. The molecule has 4 nitrogen and oxygen atoms in total. The normalized spacial score (nSPS) is 10.6. The van der Waals surface area contributed by atoms with Crippen LogP contribution < -0.4 is 10.5 Å². The van der Waals surface area contributed by atoms with Gasteiger partial charge < -0.3 is 15.4 Å². The van der Waals surface area contributed by atoms with E-state index in [0.29, 0.717) is 22.9 Å². The lowest BCUT2D eigenvalue weighted by molar-refractivity contribution is 0.281. The van der Waals surface area contributed by atoms with Gasteiger partial charge in [-0.3, -0.25) is 5.41 Å². The van der Waals surface area contributed by atoms with Crippen LogP contribution in [0.2, 0.25) is 5.02 Å². The molecule has 1 rings (SSSR count). The number of rotatable bonds is 6. The van der Waals surface area contributed by atoms with Gasteiger partial charge in [-0.2, -0.15) is 0 Å². The van der Waals surface area contributed by atoms with Crippen LogP contribution in [0.15, 0.2) is 18.2 Å². The van der Waals surface area contributed by atoms with Gasteiger partial charge in [-0.05, 0) is 38.7 Å². The number of nitrogen functional groups attached to an aromatic ring is 1. The van der Waals surface area contributed by atoms with Gasteiger partial charge in [-0.1, -0.05) is 11.6 Å². The van der Waals surface area contributed by atoms with Crippen molar-refractivity contribution in [1.82, 2.24) is 4.90 Å². The number of amidine groups is 1. The van der Waals surface area contributed by atoms with Gasteiger partial charge >= 0.3 is 0 Å². The molecule has 0 fully saturated rings. The third-order valence-electron chi connectivity index (χ3n) is 2.24. The van der Waals surface area contributed by atoms with Gasteiger partial charge in [0.25, 0.3) is 0 Å². The lowest BCUT2D eigenvalue weighted by Crippen LogP contribution is -2.17. The van der Waals surface area contributed by atoms with Crippen LogP contribution in [0.4, 0.5) is 0 Å². The van der Waals surface area contributed by atoms with Crippen molar-refractivity contribution in [3.8, 4) is 5.75 Å². The maximum atomic E-state index is 7.45. The predicted octanol–water partition coefficient (Wildman–Crippen LogP) is 1.95. The van der Waals surface area contributed by atoms with Crippen molar-refractivity contribution in [3.63, 3.8) is 0 Å². The van der Waals surface area contributed by atoms with Crippen LogP contribution in [-0.2, 0) is 0 Å². The summed E-state index contributed by atoms with van der Waals surface area (Å²) in [6.45, 7) is 1.56. The molecule has 0 aliphatic heterocycles. The molecule has 1 aromatic carbocycles. The van der Waals surface area contributed by atoms with E-state index in [2.05, 4.69) is 4.90 Å². The van der Waals surface area contributed by atoms with E-state index in [1.165, 1.54) is 0 Å². The van der Waals surface area contributed by atoms with Crippen LogP contribution in [0.25, 0.3) is 0 Å². The number of hydrogen-bond donors (Lipinski definition) is 2. The first kappa shape index (κ1) is 13.8. The maximum Gasteiger partial charge on any atom is 0.130 e. The first-order valence-corrected chi connectivity index (χ1v) is 5.80. The fourth-order valence-electron chi connectivity index (χ4n) is 1.40. The highest BCUT2D eigenvalue weighted by molar-refractivity contribution is 6.31. The molecule has 1 aromatic rings. The molecule has 94 valence electrons. The Morgan fingerprint density at radius 2 is 2.18 bits per heavy atom. The van der Waals surface area contributed by atoms with Gasteiger partial charge in [0.2, 0.25) is 0 Å². The van der Waals surface area contributed by atoms with Crippen molar-refractivity contribution in [2.24, 2.45) is 5.73 Å². The minimum absolute atomic E-state index is 0.0323. The molecule has 3 N–H and O–H groups in total. The zero-order chi connectivity index (χ0) is 12.8. The third-order valence-corrected chi connectivity index (χ3v) is 2.47. The van der Waals surface area contributed by atoms with E-state index >= 15 is 0 Å². The topological polar surface area (TPSA) is 62.3 Å². The van der Waals surface area contributed by atoms with E-state index in [-0.39, 0.29) is 5.84 Å². The third kappa shape index (κ3) is 4.63. The summed E-state index contributed by atoms with van der Waals surface area (Å²) in [6.07, 6.45) is 0.924. The van der Waals surface area contributed by atoms with E-state index in [0.717, 1.165) is 13.0 Å². The monoisotopic (exact) mass is 255 g/mol. The summed E-state index contributed by atoms with van der Waals surface area (Å²) in [4.78, 5) is 2.09. The van der Waals surface area contributed by atoms with Gasteiger partial charge in [0.05, 0.1) is 12.2 Å². The first-order chi connectivity index (χ1) is 8.00. The number of nitrogens with zero attached hydrogens (tertiary/aromatic N) is 1. The molecular weight excluding hydrogens is 238 g/mol. The predicted molar refractivity (Wildman–Crippen MR) is 71.1 cm³/mol. The lowest BCUT2D eigenvalue weighted by Gasteiger charge is -2.12. The van der Waals surface area contributed by atoms with Gasteiger partial charge in [0.15, 0.2) is 0 Å². The molecular formula is C12H18ClN3O. The van der Waals surface area contributed by atoms with Gasteiger partial charge in [-0.25, -0.2) is 0 Å². The summed E-state index contributed by atoms with van der Waals surface area (Å²) in [5, 5.41) is 8.00. The van der Waals surface area contributed by atoms with Crippen molar-refractivity contribution in [1.29, 1.82) is 5.41 Å². The molecule has 17 heavy (non-hydrogen) atoms. The number of nitrogens with two attached hydrogens (primary N) is 1. The van der Waals surface area contributed by atoms with Crippen molar-refractivity contribution in [3.05, 3.63) is 28.8 Å². The molecule has 0 atom stereocenters. The highest BCUT2D eigenvalue weighted by Gasteiger charge is 2.07. The Labute approximate surface area is 107 Å². The zero-order valence-electron chi connectivity index (χ0n) is 10.2. The van der Waals surface area contributed by atoms with E-state index in [9.17, 15) is 0 Å². The summed E-state index contributed by atoms with van der Waals surface area (Å²) >= 11 is 5.85. The second kappa shape index (κ2) is 6.47. The summed E-state index contributed by atoms with van der Waals surface area (Å²) in [7, 11) is 4.03. The molecule has 0 radical (unpaired) electrons. The van der Waals surface area contributed by atoms with Crippen LogP contribution >= 0.6 is 11.6 Å². The minimum Gasteiger partial charge on any atom is -0.493 e. The second-order valence-corrected chi connectivity index (χ2v) is 4.50. The van der Waals surface area contributed by atoms with Gasteiger partial charge in [0, 0.05) is 11.6 Å². The van der Waals surface area contributed by atoms with Crippen molar-refractivity contribution < 1.29 is 4.74 Å². The van der Waals surface area contributed by atoms with Gasteiger partial charge in [-0.15, -0.1) is 0 Å². The molecule has 0 aliphatic rings. The highest BCUT2D eigenvalue weighted by Crippen LogP contribution is 2.22. The zero-order valence-corrected chi connectivity index (χ0v) is 10.9. The van der Waals surface area contributed by atoms with Crippen LogP contribution in [0.1, 0.15) is 12.0 Å². The van der Waals surface area contributed by atoms with Gasteiger partial charge in [0.1, 0.15) is 11.6 Å². The fraction of sp³-hybridized carbons (Fsp3) is 0.417. The van der Waals surface area contributed by atoms with Crippen LogP contribution in [-0.4, -0.2) is 38.0 Å². The molecule has 5 heteroatoms. The summed E-state index contributed by atoms with van der Waals surface area (Å²) < 4.78 is 5.60. The molecule has 0 heterocycles. The number of nitrogens with one attached hydrogen (secondary N) is 1. The van der Waals surface area contributed by atoms with Crippen molar-refractivity contribution >= 4 is 17.4 Å². The SMILES string of the molecule is CN(C)CCCOc1ccc(Cl)cc1C(=N)N. The van der Waals surface area contributed by atoms with E-state index < -0.39 is 0 Å².